The van der Waals surface area contributed by atoms with Gasteiger partial charge in [-0.25, -0.2) is 4.98 Å². The van der Waals surface area contributed by atoms with Crippen LogP contribution in [0.2, 0.25) is 5.02 Å². The third kappa shape index (κ3) is 3.48. The molecular weight excluding hydrogens is 326 g/mol. The molecule has 0 saturated carbocycles. The fraction of sp³-hybridized carbons (Fsp3) is 0.111. The summed E-state index contributed by atoms with van der Waals surface area (Å²) in [5, 5.41) is 3.30. The minimum Gasteiger partial charge on any atom is -0.364 e. The van der Waals surface area contributed by atoms with Crippen molar-refractivity contribution in [3.8, 4) is 16.8 Å². The van der Waals surface area contributed by atoms with Gasteiger partial charge in [-0.15, -0.1) is 0 Å². The molecule has 3 rings (SSSR count). The minimum absolute atomic E-state index is 0.147. The highest BCUT2D eigenvalue weighted by Crippen LogP contribution is 2.28. The average molecular weight is 342 g/mol. The maximum atomic E-state index is 11.9. The number of halogens is 1. The van der Waals surface area contributed by atoms with E-state index in [1.165, 1.54) is 7.11 Å². The maximum absolute atomic E-state index is 11.9. The lowest BCUT2D eigenvalue weighted by Crippen LogP contribution is -2.25. The normalized spacial score (nSPS) is 10.6. The van der Waals surface area contributed by atoms with Crippen molar-refractivity contribution in [3.05, 3.63) is 71.8 Å². The predicted octanol–water partition coefficient (Wildman–Crippen LogP) is 3.53. The zero-order valence-corrected chi connectivity index (χ0v) is 13.8. The van der Waals surface area contributed by atoms with Gasteiger partial charge in [-0.05, 0) is 23.8 Å². The van der Waals surface area contributed by atoms with Gasteiger partial charge in [0.1, 0.15) is 18.8 Å². The smallest absolute Gasteiger partial charge is 0.273 e. The number of nitrogens with zero attached hydrogens (tertiary/aromatic N) is 2. The molecule has 0 radical (unpaired) electrons. The molecule has 0 fully saturated rings. The number of hydrogen-bond donors (Lipinski definition) is 1. The molecule has 1 amide bonds. The first-order valence-electron chi connectivity index (χ1n) is 7.35. The number of hydrogen-bond acceptors (Lipinski definition) is 3. The number of imidazole rings is 1. The summed E-state index contributed by atoms with van der Waals surface area (Å²) >= 11 is 6.27. The highest BCUT2D eigenvalue weighted by atomic mass is 35.5. The Morgan fingerprint density at radius 1 is 1.25 bits per heavy atom. The number of carbonyl (C=O) groups is 1. The molecule has 0 aliphatic heterocycles. The molecule has 0 aliphatic rings. The summed E-state index contributed by atoms with van der Waals surface area (Å²) in [4.78, 5) is 16.0. The zero-order chi connectivity index (χ0) is 16.9. The molecule has 122 valence electrons. The van der Waals surface area contributed by atoms with Gasteiger partial charge >= 0.3 is 0 Å². The van der Waals surface area contributed by atoms with E-state index in [4.69, 9.17) is 16.3 Å². The lowest BCUT2D eigenvalue weighted by Gasteiger charge is -2.07. The van der Waals surface area contributed by atoms with Gasteiger partial charge in [-0.1, -0.05) is 41.9 Å². The first-order chi connectivity index (χ1) is 11.7. The Hall–Kier alpha value is -2.63. The number of amides is 1. The molecule has 2 aromatic carbocycles. The van der Waals surface area contributed by atoms with Crippen LogP contribution < -0.4 is 5.32 Å². The Morgan fingerprint density at radius 3 is 2.88 bits per heavy atom. The van der Waals surface area contributed by atoms with Crippen molar-refractivity contribution >= 4 is 17.5 Å². The van der Waals surface area contributed by atoms with Crippen molar-refractivity contribution in [2.24, 2.45) is 0 Å². The van der Waals surface area contributed by atoms with Crippen molar-refractivity contribution in [1.29, 1.82) is 0 Å². The monoisotopic (exact) mass is 341 g/mol. The van der Waals surface area contributed by atoms with Crippen LogP contribution in [0, 0.1) is 0 Å². The quantitative estimate of drug-likeness (QED) is 0.722. The van der Waals surface area contributed by atoms with Gasteiger partial charge in [-0.2, -0.15) is 0 Å². The number of aromatic nitrogens is 2. The van der Waals surface area contributed by atoms with E-state index in [-0.39, 0.29) is 12.6 Å². The van der Waals surface area contributed by atoms with Gasteiger partial charge in [-0.3, -0.25) is 4.79 Å². The van der Waals surface area contributed by atoms with Gasteiger partial charge in [0.2, 0.25) is 0 Å². The van der Waals surface area contributed by atoms with Gasteiger partial charge in [0, 0.05) is 29.6 Å². The Kier molecular flexibility index (Phi) is 4.93. The summed E-state index contributed by atoms with van der Waals surface area (Å²) in [6.07, 6.45) is 3.28. The van der Waals surface area contributed by atoms with E-state index in [0.717, 1.165) is 16.8 Å². The number of carbonyl (C=O) groups excluding carboxylic acids is 1. The van der Waals surface area contributed by atoms with Crippen molar-refractivity contribution in [2.45, 2.75) is 0 Å². The molecule has 0 aliphatic carbocycles. The molecule has 24 heavy (non-hydrogen) atoms. The second kappa shape index (κ2) is 7.29. The number of benzene rings is 2. The number of methoxy groups -OCH3 is 1. The van der Waals surface area contributed by atoms with E-state index >= 15 is 0 Å². The molecule has 5 nitrogen and oxygen atoms in total. The summed E-state index contributed by atoms with van der Waals surface area (Å²) < 4.78 is 6.62. The summed E-state index contributed by atoms with van der Waals surface area (Å²) in [6.45, 7) is 0.147. The van der Waals surface area contributed by atoms with Crippen LogP contribution in [0.5, 0.6) is 0 Å². The minimum atomic E-state index is -0.280. The second-order valence-electron chi connectivity index (χ2n) is 5.14. The van der Waals surface area contributed by atoms with E-state index < -0.39 is 0 Å². The van der Waals surface area contributed by atoms with Gasteiger partial charge < -0.3 is 14.6 Å². The molecule has 1 N–H and O–H groups in total. The van der Waals surface area contributed by atoms with Crippen LogP contribution in [0.1, 0.15) is 10.5 Å². The third-order valence-corrected chi connectivity index (χ3v) is 3.85. The van der Waals surface area contributed by atoms with E-state index in [9.17, 15) is 4.79 Å². The molecule has 0 saturated heterocycles. The Labute approximate surface area is 144 Å². The van der Waals surface area contributed by atoms with Crippen LogP contribution in [-0.4, -0.2) is 29.3 Å². The zero-order valence-electron chi connectivity index (χ0n) is 13.1. The number of nitrogens with one attached hydrogen (secondary N) is 1. The Morgan fingerprint density at radius 2 is 2.08 bits per heavy atom. The highest BCUT2D eigenvalue weighted by Gasteiger charge is 2.10. The largest absolute Gasteiger partial charge is 0.364 e. The molecule has 1 heterocycles. The SMILES string of the molecule is COCNC(=O)c1cn(-c2cccc(-c3ccccc3Cl)c2)cn1. The lowest BCUT2D eigenvalue weighted by molar-refractivity contribution is 0.0867. The average Bonchev–Trinajstić information content (AvgIpc) is 3.10. The van der Waals surface area contributed by atoms with Crippen LogP contribution in [0.15, 0.2) is 61.1 Å². The van der Waals surface area contributed by atoms with E-state index in [1.54, 1.807) is 17.1 Å². The van der Waals surface area contributed by atoms with Gasteiger partial charge in [0.15, 0.2) is 0 Å². The van der Waals surface area contributed by atoms with E-state index in [2.05, 4.69) is 10.3 Å². The van der Waals surface area contributed by atoms with Crippen molar-refractivity contribution in [2.75, 3.05) is 13.8 Å². The third-order valence-electron chi connectivity index (χ3n) is 3.52. The van der Waals surface area contributed by atoms with E-state index in [1.807, 2.05) is 48.5 Å². The summed E-state index contributed by atoms with van der Waals surface area (Å²) in [5.74, 6) is -0.280. The second-order valence-corrected chi connectivity index (χ2v) is 5.54. The van der Waals surface area contributed by atoms with Gasteiger partial charge in [0.05, 0.1) is 0 Å². The first kappa shape index (κ1) is 16.2. The Bertz CT molecular complexity index is 861. The van der Waals surface area contributed by atoms with E-state index in [0.29, 0.717) is 10.7 Å². The van der Waals surface area contributed by atoms with Crippen molar-refractivity contribution < 1.29 is 9.53 Å². The Balaban J connectivity index is 1.89. The van der Waals surface area contributed by atoms with Crippen LogP contribution >= 0.6 is 11.6 Å². The summed E-state index contributed by atoms with van der Waals surface area (Å²) in [7, 11) is 1.51. The molecule has 0 atom stereocenters. The van der Waals surface area contributed by atoms with Gasteiger partial charge in [0.25, 0.3) is 5.91 Å². The van der Waals surface area contributed by atoms with Crippen LogP contribution in [0.3, 0.4) is 0 Å². The van der Waals surface area contributed by atoms with Crippen molar-refractivity contribution in [1.82, 2.24) is 14.9 Å². The summed E-state index contributed by atoms with van der Waals surface area (Å²) in [6, 6.07) is 15.6. The summed E-state index contributed by atoms with van der Waals surface area (Å²) in [5.41, 5.74) is 3.18. The molecule has 6 heteroatoms. The van der Waals surface area contributed by atoms with Crippen molar-refractivity contribution in [3.63, 3.8) is 0 Å². The molecule has 0 unspecified atom stereocenters. The molecular formula is C18H16ClN3O2. The number of rotatable bonds is 5. The fourth-order valence-corrected chi connectivity index (χ4v) is 2.58. The molecule has 0 bridgehead atoms. The number of ether oxygens (including phenoxy) is 1. The molecule has 3 aromatic rings. The molecule has 1 aromatic heterocycles. The van der Waals surface area contributed by atoms with Crippen LogP contribution in [-0.2, 0) is 4.74 Å². The first-order valence-corrected chi connectivity index (χ1v) is 7.73. The standard InChI is InChI=1S/C18H16ClN3O2/c1-24-12-21-18(23)17-10-22(11-20-17)14-6-4-5-13(9-14)15-7-2-3-8-16(15)19/h2-11H,12H2,1H3,(H,21,23). The maximum Gasteiger partial charge on any atom is 0.273 e. The van der Waals surface area contributed by atoms with Crippen LogP contribution in [0.4, 0.5) is 0 Å². The predicted molar refractivity (Wildman–Crippen MR) is 93.4 cm³/mol. The van der Waals surface area contributed by atoms with Crippen LogP contribution in [0.25, 0.3) is 16.8 Å². The fourth-order valence-electron chi connectivity index (χ4n) is 2.34. The lowest BCUT2D eigenvalue weighted by atomic mass is 10.1. The topological polar surface area (TPSA) is 56.1 Å². The molecule has 0 spiro atoms. The highest BCUT2D eigenvalue weighted by molar-refractivity contribution is 6.33.